The van der Waals surface area contributed by atoms with E-state index in [-0.39, 0.29) is 25.2 Å². The van der Waals surface area contributed by atoms with Crippen LogP contribution in [0.3, 0.4) is 0 Å². The molecule has 362 valence electrons. The fourth-order valence-corrected chi connectivity index (χ4v) is 7.71. The number of ether oxygens (including phenoxy) is 3. The molecule has 0 bridgehead atoms. The van der Waals surface area contributed by atoms with Crippen LogP contribution in [0.15, 0.2) is 48.6 Å². The van der Waals surface area contributed by atoms with Crippen LogP contribution in [0.4, 0.5) is 0 Å². The summed E-state index contributed by atoms with van der Waals surface area (Å²) in [5, 5.41) is 0. The quantitative estimate of drug-likeness (QED) is 0.0346. The Morgan fingerprint density at radius 3 is 1.13 bits per heavy atom. The van der Waals surface area contributed by atoms with Gasteiger partial charge in [0.05, 0.1) is 6.61 Å². The highest BCUT2D eigenvalue weighted by atomic mass is 16.6. The Balaban J connectivity index is 4.27. The van der Waals surface area contributed by atoms with Crippen LogP contribution in [0.1, 0.15) is 278 Å². The molecule has 0 rings (SSSR count). The van der Waals surface area contributed by atoms with Crippen molar-refractivity contribution in [2.75, 3.05) is 19.8 Å². The summed E-state index contributed by atoms with van der Waals surface area (Å²) in [4.78, 5) is 25.4. The van der Waals surface area contributed by atoms with Gasteiger partial charge in [-0.05, 0) is 103 Å². The smallest absolute Gasteiger partial charge is 0.306 e. The summed E-state index contributed by atoms with van der Waals surface area (Å²) in [6, 6.07) is 0. The monoisotopic (exact) mass is 869 g/mol. The fraction of sp³-hybridized carbons (Fsp3) is 0.825. The highest BCUT2D eigenvalue weighted by Crippen LogP contribution is 2.14. The fourth-order valence-electron chi connectivity index (χ4n) is 7.71. The zero-order chi connectivity index (χ0) is 44.9. The molecule has 0 saturated heterocycles. The van der Waals surface area contributed by atoms with Crippen molar-refractivity contribution < 1.29 is 23.8 Å². The Kier molecular flexibility index (Phi) is 51.4. The molecule has 5 nitrogen and oxygen atoms in total. The molecule has 0 amide bonds. The van der Waals surface area contributed by atoms with E-state index < -0.39 is 6.10 Å². The van der Waals surface area contributed by atoms with Crippen LogP contribution in [0.2, 0.25) is 0 Å². The summed E-state index contributed by atoms with van der Waals surface area (Å²) in [5.41, 5.74) is 0. The van der Waals surface area contributed by atoms with Crippen molar-refractivity contribution in [3.8, 4) is 0 Å². The van der Waals surface area contributed by atoms with E-state index in [4.69, 9.17) is 14.2 Å². The lowest BCUT2D eigenvalue weighted by Crippen LogP contribution is -2.30. The van der Waals surface area contributed by atoms with Gasteiger partial charge in [0.1, 0.15) is 6.61 Å². The first-order valence-electron chi connectivity index (χ1n) is 27.2. The number of unbranched alkanes of at least 4 members (excludes halogenated alkanes) is 31. The van der Waals surface area contributed by atoms with Gasteiger partial charge in [-0.15, -0.1) is 0 Å². The molecule has 0 aliphatic heterocycles. The van der Waals surface area contributed by atoms with Gasteiger partial charge in [0.2, 0.25) is 0 Å². The second-order valence-electron chi connectivity index (χ2n) is 18.1. The second kappa shape index (κ2) is 53.2. The van der Waals surface area contributed by atoms with Gasteiger partial charge >= 0.3 is 11.9 Å². The molecule has 0 aromatic rings. The second-order valence-corrected chi connectivity index (χ2v) is 18.1. The van der Waals surface area contributed by atoms with E-state index in [1.165, 1.54) is 186 Å². The predicted molar refractivity (Wildman–Crippen MR) is 270 cm³/mol. The average Bonchev–Trinajstić information content (AvgIpc) is 3.27. The molecular formula is C57H104O5. The van der Waals surface area contributed by atoms with Gasteiger partial charge < -0.3 is 14.2 Å². The van der Waals surface area contributed by atoms with Crippen LogP contribution in [0, 0.1) is 0 Å². The number of hydrogen-bond acceptors (Lipinski definition) is 5. The molecule has 0 aliphatic rings. The summed E-state index contributed by atoms with van der Waals surface area (Å²) < 4.78 is 17.4. The van der Waals surface area contributed by atoms with Gasteiger partial charge in [-0.25, -0.2) is 0 Å². The van der Waals surface area contributed by atoms with Gasteiger partial charge in [-0.1, -0.05) is 211 Å². The largest absolute Gasteiger partial charge is 0.462 e. The minimum absolute atomic E-state index is 0.0772. The average molecular weight is 869 g/mol. The van der Waals surface area contributed by atoms with E-state index in [9.17, 15) is 9.59 Å². The summed E-state index contributed by atoms with van der Waals surface area (Å²) in [6.07, 6.45) is 65.5. The molecule has 0 heterocycles. The van der Waals surface area contributed by atoms with Crippen molar-refractivity contribution in [2.24, 2.45) is 0 Å². The lowest BCUT2D eigenvalue weighted by molar-refractivity contribution is -0.163. The summed E-state index contributed by atoms with van der Waals surface area (Å²) in [7, 11) is 0. The molecular weight excluding hydrogens is 765 g/mol. The maximum Gasteiger partial charge on any atom is 0.306 e. The van der Waals surface area contributed by atoms with E-state index in [0.29, 0.717) is 19.4 Å². The number of allylic oxidation sites excluding steroid dienone is 8. The molecule has 0 fully saturated rings. The van der Waals surface area contributed by atoms with Gasteiger partial charge in [0, 0.05) is 19.4 Å². The van der Waals surface area contributed by atoms with Crippen LogP contribution in [0.5, 0.6) is 0 Å². The van der Waals surface area contributed by atoms with Crippen molar-refractivity contribution in [3.05, 3.63) is 48.6 Å². The van der Waals surface area contributed by atoms with Crippen LogP contribution in [0.25, 0.3) is 0 Å². The molecule has 0 aromatic heterocycles. The molecule has 1 unspecified atom stereocenters. The Morgan fingerprint density at radius 2 is 0.677 bits per heavy atom. The third-order valence-electron chi connectivity index (χ3n) is 11.8. The molecule has 0 aromatic carbocycles. The lowest BCUT2D eigenvalue weighted by Gasteiger charge is -2.18. The Labute approximate surface area is 386 Å². The molecule has 0 spiro atoms. The van der Waals surface area contributed by atoms with Gasteiger partial charge in [0.15, 0.2) is 6.10 Å². The lowest BCUT2D eigenvalue weighted by atomic mass is 10.1. The third-order valence-corrected chi connectivity index (χ3v) is 11.8. The van der Waals surface area contributed by atoms with E-state index in [1.807, 2.05) is 0 Å². The first-order valence-corrected chi connectivity index (χ1v) is 27.2. The summed E-state index contributed by atoms with van der Waals surface area (Å²) in [5.74, 6) is -0.408. The van der Waals surface area contributed by atoms with Gasteiger partial charge in [-0.3, -0.25) is 9.59 Å². The number of hydrogen-bond donors (Lipinski definition) is 0. The zero-order valence-electron chi connectivity index (χ0n) is 41.6. The molecule has 0 saturated carbocycles. The minimum Gasteiger partial charge on any atom is -0.462 e. The minimum atomic E-state index is -0.546. The van der Waals surface area contributed by atoms with Crippen molar-refractivity contribution in [1.82, 2.24) is 0 Å². The van der Waals surface area contributed by atoms with Crippen molar-refractivity contribution >= 4 is 11.9 Å². The maximum atomic E-state index is 12.8. The highest BCUT2D eigenvalue weighted by Gasteiger charge is 2.17. The highest BCUT2D eigenvalue weighted by molar-refractivity contribution is 5.70. The first kappa shape index (κ1) is 59.9. The normalized spacial score (nSPS) is 12.5. The topological polar surface area (TPSA) is 61.8 Å². The van der Waals surface area contributed by atoms with Crippen LogP contribution < -0.4 is 0 Å². The Bertz CT molecular complexity index is 1030. The molecule has 1 atom stereocenters. The van der Waals surface area contributed by atoms with Crippen molar-refractivity contribution in [3.63, 3.8) is 0 Å². The molecule has 0 aliphatic carbocycles. The van der Waals surface area contributed by atoms with E-state index in [1.54, 1.807) is 0 Å². The number of rotatable bonds is 50. The third kappa shape index (κ3) is 50.5. The maximum absolute atomic E-state index is 12.8. The summed E-state index contributed by atoms with van der Waals surface area (Å²) in [6.45, 7) is 7.78. The van der Waals surface area contributed by atoms with Crippen molar-refractivity contribution in [2.45, 2.75) is 284 Å². The van der Waals surface area contributed by atoms with Gasteiger partial charge in [0.25, 0.3) is 0 Å². The SMILES string of the molecule is CCCCC/C=C\C/C=C\CCCCCCCCOCC(COC(=O)CCCCCCCCC/C=C\CCCCCCCC)OC(=O)CCCCCCC/C=C\CCCCCC. The number of carbonyl (C=O) groups is 2. The zero-order valence-corrected chi connectivity index (χ0v) is 41.6. The van der Waals surface area contributed by atoms with E-state index in [2.05, 4.69) is 69.4 Å². The number of esters is 2. The van der Waals surface area contributed by atoms with Crippen molar-refractivity contribution in [1.29, 1.82) is 0 Å². The standard InChI is InChI=1S/C57H104O5/c1-4-7-10-13-16-19-22-25-27-29-30-33-35-38-41-44-47-50-56(58)61-54-55(62-57(59)51-48-45-42-39-36-32-24-21-18-15-12-9-6-3)53-60-52-49-46-43-40-37-34-31-28-26-23-20-17-14-11-8-5-2/h17,20-21,24-28,55H,4-16,18-19,22-23,29-54H2,1-3H3/b20-17-,24-21-,27-25-,28-26-. The Morgan fingerprint density at radius 1 is 0.355 bits per heavy atom. The molecule has 62 heavy (non-hydrogen) atoms. The van der Waals surface area contributed by atoms with Crippen LogP contribution >= 0.6 is 0 Å². The van der Waals surface area contributed by atoms with Gasteiger partial charge in [-0.2, -0.15) is 0 Å². The molecule has 5 heteroatoms. The number of carbonyl (C=O) groups excluding carboxylic acids is 2. The molecule has 0 radical (unpaired) electrons. The Hall–Kier alpha value is -2.14. The van der Waals surface area contributed by atoms with Crippen LogP contribution in [-0.4, -0.2) is 37.9 Å². The first-order chi connectivity index (χ1) is 30.6. The van der Waals surface area contributed by atoms with Crippen LogP contribution in [-0.2, 0) is 23.8 Å². The molecule has 0 N–H and O–H groups in total. The predicted octanol–water partition coefficient (Wildman–Crippen LogP) is 18.3. The summed E-state index contributed by atoms with van der Waals surface area (Å²) >= 11 is 0. The van der Waals surface area contributed by atoms with E-state index >= 15 is 0 Å². The van der Waals surface area contributed by atoms with E-state index in [0.717, 1.165) is 57.8 Å².